The smallest absolute Gasteiger partial charge is 0.205 e. The molecule has 0 amide bonds. The third kappa shape index (κ3) is 5.00. The van der Waals surface area contributed by atoms with E-state index >= 15 is 0 Å². The second-order valence-electron chi connectivity index (χ2n) is 21.0. The molecule has 16 aromatic rings. The van der Waals surface area contributed by atoms with E-state index in [2.05, 4.69) is 240 Å². The van der Waals surface area contributed by atoms with E-state index in [0.29, 0.717) is 11.8 Å². The quantitative estimate of drug-likeness (QED) is 0.173. The first-order chi connectivity index (χ1) is 38.6. The Morgan fingerprint density at radius 3 is 1.03 bits per heavy atom. The summed E-state index contributed by atoms with van der Waals surface area (Å²) in [7, 11) is 0. The van der Waals surface area contributed by atoms with Crippen molar-refractivity contribution in [2.24, 2.45) is 0 Å². The molecule has 2 aliphatic heterocycles. The number of hydrogen-bond acceptors (Lipinski definition) is 6. The fourth-order valence-corrected chi connectivity index (χ4v) is 16.5. The number of benzene rings is 10. The standard InChI is InChI=1S/C70H38N2O4S2/c1-9-25-53-39(17-1)43-33-45-41-19-3-15-31-61(41)77-63(45)37-55(43)71(53)65-35-51-67(75-65)70(49-23-7-13-29-59(49)74-60-30-14-8-24-50(60)70)52-36-66(76-68(52)69(51)47-21-5-11-27-57(47)73-58-28-12-6-22-48(58)69)72-54-26-10-2-18-40(54)44-34-46-42-20-4-16-32-62(42)78-64(46)38-56(44)72/h1-38H. The number of thiophene rings is 2. The Bertz CT molecular complexity index is 4860. The molecule has 3 aliphatic rings. The molecule has 10 aromatic carbocycles. The first-order valence-electron chi connectivity index (χ1n) is 26.4. The maximum Gasteiger partial charge on any atom is 0.205 e. The van der Waals surface area contributed by atoms with Crippen molar-refractivity contribution in [2.45, 2.75) is 10.8 Å². The number of nitrogens with zero attached hydrogens (tertiary/aromatic N) is 2. The van der Waals surface area contributed by atoms with E-state index in [0.717, 1.165) is 101 Å². The van der Waals surface area contributed by atoms with Crippen molar-refractivity contribution >= 4 is 107 Å². The van der Waals surface area contributed by atoms with Gasteiger partial charge in [-0.2, -0.15) is 0 Å². The highest BCUT2D eigenvalue weighted by atomic mass is 32.1. The van der Waals surface area contributed by atoms with Crippen LogP contribution in [0.1, 0.15) is 44.9 Å². The van der Waals surface area contributed by atoms with Crippen LogP contribution >= 0.6 is 22.7 Å². The molecule has 0 saturated heterocycles. The van der Waals surface area contributed by atoms with Crippen LogP contribution in [0, 0.1) is 0 Å². The van der Waals surface area contributed by atoms with Gasteiger partial charge in [-0.05, 0) is 72.8 Å². The minimum Gasteiger partial charge on any atom is -0.457 e. The van der Waals surface area contributed by atoms with Crippen LogP contribution in [-0.4, -0.2) is 9.13 Å². The van der Waals surface area contributed by atoms with Gasteiger partial charge in [0.1, 0.15) is 45.3 Å². The highest BCUT2D eigenvalue weighted by Gasteiger charge is 2.63. The minimum atomic E-state index is -1.10. The van der Waals surface area contributed by atoms with Crippen LogP contribution in [0.3, 0.4) is 0 Å². The number of fused-ring (bicyclic) bond motifs is 26. The lowest BCUT2D eigenvalue weighted by atomic mass is 9.54. The molecule has 8 heterocycles. The molecule has 364 valence electrons. The van der Waals surface area contributed by atoms with Crippen LogP contribution in [0.5, 0.6) is 23.0 Å². The number of furan rings is 2. The van der Waals surface area contributed by atoms with E-state index in [1.807, 2.05) is 22.7 Å². The van der Waals surface area contributed by atoms with Crippen LogP contribution in [0.25, 0.3) is 95.7 Å². The predicted molar refractivity (Wildman–Crippen MR) is 316 cm³/mol. The van der Waals surface area contributed by atoms with E-state index < -0.39 is 10.8 Å². The molecule has 6 aromatic heterocycles. The summed E-state index contributed by atoms with van der Waals surface area (Å²) in [4.78, 5) is 0. The summed E-state index contributed by atoms with van der Waals surface area (Å²) in [6, 6.07) is 83.1. The third-order valence-electron chi connectivity index (χ3n) is 17.3. The number of aromatic nitrogens is 2. The molecule has 0 saturated carbocycles. The van der Waals surface area contributed by atoms with Gasteiger partial charge in [0.2, 0.25) is 11.8 Å². The Morgan fingerprint density at radius 1 is 0.269 bits per heavy atom. The molecule has 8 heteroatoms. The van der Waals surface area contributed by atoms with E-state index in [1.54, 1.807) is 0 Å². The lowest BCUT2D eigenvalue weighted by Gasteiger charge is -2.48. The van der Waals surface area contributed by atoms with Crippen molar-refractivity contribution in [3.05, 3.63) is 275 Å². The minimum absolute atomic E-state index is 0.702. The number of ether oxygens (including phenoxy) is 2. The van der Waals surface area contributed by atoms with Crippen LogP contribution in [0.2, 0.25) is 0 Å². The zero-order chi connectivity index (χ0) is 50.6. The Morgan fingerprint density at radius 2 is 0.615 bits per heavy atom. The molecule has 6 nitrogen and oxygen atoms in total. The SMILES string of the molecule is c1ccc2c(c1)Oc1ccccc1C21c2cc(-n3c4ccccc4c4cc5c(cc43)sc3ccccc35)oc2C2(c3ccccc3Oc3ccccc32)c2cc(-n3c4ccccc4c4cc5c(cc43)sc3ccccc35)oc21. The van der Waals surface area contributed by atoms with E-state index in [1.165, 1.54) is 51.1 Å². The fraction of sp³-hybridized carbons (Fsp3) is 0.0286. The van der Waals surface area contributed by atoms with Crippen molar-refractivity contribution in [3.63, 3.8) is 0 Å². The topological polar surface area (TPSA) is 54.6 Å². The second kappa shape index (κ2) is 14.7. The summed E-state index contributed by atoms with van der Waals surface area (Å²) in [6.07, 6.45) is 0. The van der Waals surface area contributed by atoms with Gasteiger partial charge in [-0.3, -0.25) is 9.13 Å². The molecule has 0 atom stereocenters. The Kier molecular flexibility index (Phi) is 7.82. The zero-order valence-electron chi connectivity index (χ0n) is 41.3. The van der Waals surface area contributed by atoms with Crippen molar-refractivity contribution in [1.82, 2.24) is 9.13 Å². The molecule has 0 unspecified atom stereocenters. The summed E-state index contributed by atoms with van der Waals surface area (Å²) in [5, 5.41) is 9.69. The molecule has 2 spiro atoms. The fourth-order valence-electron chi connectivity index (χ4n) is 14.2. The van der Waals surface area contributed by atoms with Crippen molar-refractivity contribution in [1.29, 1.82) is 0 Å². The van der Waals surface area contributed by atoms with Gasteiger partial charge in [0.25, 0.3) is 0 Å². The molecule has 0 bridgehead atoms. The summed E-state index contributed by atoms with van der Waals surface area (Å²) in [5.41, 5.74) is 7.84. The lowest BCUT2D eigenvalue weighted by Crippen LogP contribution is -2.46. The number of para-hydroxylation sites is 6. The Balaban J connectivity index is 0.996. The van der Waals surface area contributed by atoms with Gasteiger partial charge in [0.15, 0.2) is 0 Å². The number of rotatable bonds is 2. The predicted octanol–water partition coefficient (Wildman–Crippen LogP) is 19.1. The lowest BCUT2D eigenvalue weighted by molar-refractivity contribution is 0.348. The summed E-state index contributed by atoms with van der Waals surface area (Å²) in [6.45, 7) is 0. The van der Waals surface area contributed by atoms with Gasteiger partial charge in [-0.1, -0.05) is 146 Å². The molecular formula is C70H38N2O4S2. The highest BCUT2D eigenvalue weighted by Crippen LogP contribution is 2.68. The molecular weight excluding hydrogens is 997 g/mol. The molecule has 0 fully saturated rings. The van der Waals surface area contributed by atoms with Crippen molar-refractivity contribution < 1.29 is 18.3 Å². The molecule has 19 rings (SSSR count). The van der Waals surface area contributed by atoms with Gasteiger partial charge in [0, 0.05) is 107 Å². The van der Waals surface area contributed by atoms with Crippen molar-refractivity contribution in [2.75, 3.05) is 0 Å². The summed E-state index contributed by atoms with van der Waals surface area (Å²) in [5.74, 6) is 6.00. The van der Waals surface area contributed by atoms with Gasteiger partial charge < -0.3 is 18.3 Å². The first kappa shape index (κ1) is 41.6. The van der Waals surface area contributed by atoms with Gasteiger partial charge in [-0.15, -0.1) is 22.7 Å². The largest absolute Gasteiger partial charge is 0.457 e. The first-order valence-corrected chi connectivity index (χ1v) is 28.0. The van der Waals surface area contributed by atoms with Crippen LogP contribution in [0.15, 0.2) is 239 Å². The Hall–Kier alpha value is -9.60. The molecule has 0 radical (unpaired) electrons. The average Bonchev–Trinajstić information content (AvgIpc) is 2.08. The van der Waals surface area contributed by atoms with Gasteiger partial charge in [0.05, 0.1) is 22.1 Å². The molecule has 78 heavy (non-hydrogen) atoms. The highest BCUT2D eigenvalue weighted by molar-refractivity contribution is 7.26. The van der Waals surface area contributed by atoms with Crippen LogP contribution in [-0.2, 0) is 10.8 Å². The van der Waals surface area contributed by atoms with E-state index in [-0.39, 0.29) is 0 Å². The van der Waals surface area contributed by atoms with Gasteiger partial charge in [-0.25, -0.2) is 0 Å². The maximum atomic E-state index is 8.10. The van der Waals surface area contributed by atoms with E-state index in [9.17, 15) is 0 Å². The normalized spacial score (nSPS) is 14.6. The second-order valence-corrected chi connectivity index (χ2v) is 23.1. The van der Waals surface area contributed by atoms with Crippen molar-refractivity contribution in [3.8, 4) is 34.8 Å². The Labute approximate surface area is 452 Å². The third-order valence-corrected chi connectivity index (χ3v) is 19.6. The average molecular weight is 1040 g/mol. The molecule has 0 N–H and O–H groups in total. The van der Waals surface area contributed by atoms with Crippen LogP contribution in [0.4, 0.5) is 0 Å². The van der Waals surface area contributed by atoms with Gasteiger partial charge >= 0.3 is 0 Å². The van der Waals surface area contributed by atoms with E-state index in [4.69, 9.17) is 18.3 Å². The maximum absolute atomic E-state index is 8.10. The molecule has 1 aliphatic carbocycles. The summed E-state index contributed by atoms with van der Waals surface area (Å²) < 4.78 is 39.9. The monoisotopic (exact) mass is 1030 g/mol. The van der Waals surface area contributed by atoms with Crippen LogP contribution < -0.4 is 9.47 Å². The zero-order valence-corrected chi connectivity index (χ0v) is 42.9. The summed E-state index contributed by atoms with van der Waals surface area (Å²) >= 11 is 3.66. The number of hydrogen-bond donors (Lipinski definition) is 0.